The van der Waals surface area contributed by atoms with Crippen molar-refractivity contribution >= 4 is 23.1 Å². The normalized spacial score (nSPS) is 10.7. The third-order valence-corrected chi connectivity index (χ3v) is 3.35. The number of benzene rings is 1. The van der Waals surface area contributed by atoms with Crippen LogP contribution in [0.3, 0.4) is 0 Å². The van der Waals surface area contributed by atoms with E-state index in [1.165, 1.54) is 0 Å². The molecular weight excluding hydrogens is 246 g/mol. The molecule has 2 aromatic rings. The molecule has 0 atom stereocenters. The molecule has 0 N–H and O–H groups in total. The van der Waals surface area contributed by atoms with Crippen molar-refractivity contribution in [1.82, 2.24) is 9.78 Å². The molecule has 0 aliphatic carbocycles. The summed E-state index contributed by atoms with van der Waals surface area (Å²) in [4.78, 5) is 2.23. The topological polar surface area (TPSA) is 21.1 Å². The molecule has 0 aliphatic heterocycles. The van der Waals surface area contributed by atoms with E-state index in [4.69, 9.17) is 11.6 Å². The molecule has 0 radical (unpaired) electrons. The van der Waals surface area contributed by atoms with Crippen LogP contribution >= 0.6 is 11.6 Å². The van der Waals surface area contributed by atoms with Gasteiger partial charge in [0.1, 0.15) is 5.82 Å². The standard InChI is InChI=1S/C14H18ClN3/c1-4-18(12-8-6-5-7-9-12)14-13(10-15)11(2)16-17(14)3/h5-9H,4,10H2,1-3H3. The van der Waals surface area contributed by atoms with E-state index in [0.29, 0.717) is 5.88 Å². The summed E-state index contributed by atoms with van der Waals surface area (Å²) in [6, 6.07) is 10.3. The molecule has 0 saturated carbocycles. The number of hydrogen-bond donors (Lipinski definition) is 0. The fourth-order valence-electron chi connectivity index (χ4n) is 2.25. The lowest BCUT2D eigenvalue weighted by Crippen LogP contribution is -2.20. The van der Waals surface area contributed by atoms with Crippen molar-refractivity contribution in [2.45, 2.75) is 19.7 Å². The Labute approximate surface area is 113 Å². The molecule has 1 aromatic carbocycles. The average Bonchev–Trinajstić information content (AvgIpc) is 2.66. The Kier molecular flexibility index (Phi) is 3.92. The highest BCUT2D eigenvalue weighted by atomic mass is 35.5. The maximum atomic E-state index is 6.06. The van der Waals surface area contributed by atoms with Gasteiger partial charge in [0.05, 0.1) is 11.6 Å². The average molecular weight is 264 g/mol. The number of rotatable bonds is 4. The molecule has 0 amide bonds. The lowest BCUT2D eigenvalue weighted by atomic mass is 10.2. The van der Waals surface area contributed by atoms with Crippen LogP contribution in [0.4, 0.5) is 11.5 Å². The van der Waals surface area contributed by atoms with Crippen molar-refractivity contribution in [2.24, 2.45) is 7.05 Å². The van der Waals surface area contributed by atoms with Gasteiger partial charge in [0.15, 0.2) is 0 Å². The van der Waals surface area contributed by atoms with E-state index in [1.54, 1.807) is 0 Å². The molecule has 18 heavy (non-hydrogen) atoms. The van der Waals surface area contributed by atoms with E-state index >= 15 is 0 Å². The summed E-state index contributed by atoms with van der Waals surface area (Å²) >= 11 is 6.06. The van der Waals surface area contributed by atoms with Crippen molar-refractivity contribution in [3.8, 4) is 0 Å². The molecule has 0 saturated heterocycles. The highest BCUT2D eigenvalue weighted by molar-refractivity contribution is 6.17. The number of anilines is 2. The van der Waals surface area contributed by atoms with E-state index in [1.807, 2.05) is 36.9 Å². The second-order valence-corrected chi connectivity index (χ2v) is 4.49. The van der Waals surface area contributed by atoms with E-state index in [-0.39, 0.29) is 0 Å². The van der Waals surface area contributed by atoms with Gasteiger partial charge >= 0.3 is 0 Å². The van der Waals surface area contributed by atoms with Crippen LogP contribution in [0.25, 0.3) is 0 Å². The molecule has 3 nitrogen and oxygen atoms in total. The first-order valence-electron chi connectivity index (χ1n) is 6.10. The first kappa shape index (κ1) is 13.0. The van der Waals surface area contributed by atoms with E-state index in [9.17, 15) is 0 Å². The van der Waals surface area contributed by atoms with Crippen molar-refractivity contribution < 1.29 is 0 Å². The number of alkyl halides is 1. The van der Waals surface area contributed by atoms with Gasteiger partial charge in [-0.05, 0) is 26.0 Å². The first-order valence-corrected chi connectivity index (χ1v) is 6.63. The molecule has 1 aromatic heterocycles. The first-order chi connectivity index (χ1) is 8.69. The highest BCUT2D eigenvalue weighted by Crippen LogP contribution is 2.30. The molecule has 96 valence electrons. The lowest BCUT2D eigenvalue weighted by molar-refractivity contribution is 0.741. The van der Waals surface area contributed by atoms with E-state index < -0.39 is 0 Å². The molecule has 0 fully saturated rings. The number of hydrogen-bond acceptors (Lipinski definition) is 2. The van der Waals surface area contributed by atoms with Crippen molar-refractivity contribution in [3.05, 3.63) is 41.6 Å². The van der Waals surface area contributed by atoms with Gasteiger partial charge in [0.2, 0.25) is 0 Å². The van der Waals surface area contributed by atoms with Gasteiger partial charge < -0.3 is 4.90 Å². The predicted molar refractivity (Wildman–Crippen MR) is 76.6 cm³/mol. The van der Waals surface area contributed by atoms with Gasteiger partial charge in [-0.25, -0.2) is 0 Å². The third-order valence-electron chi connectivity index (χ3n) is 3.09. The summed E-state index contributed by atoms with van der Waals surface area (Å²) in [5.41, 5.74) is 3.26. The van der Waals surface area contributed by atoms with E-state index in [2.05, 4.69) is 29.1 Å². The number of aryl methyl sites for hydroxylation is 2. The minimum absolute atomic E-state index is 0.484. The van der Waals surface area contributed by atoms with Crippen LogP contribution in [0, 0.1) is 6.92 Å². The number of nitrogens with zero attached hydrogens (tertiary/aromatic N) is 3. The maximum absolute atomic E-state index is 6.06. The fraction of sp³-hybridized carbons (Fsp3) is 0.357. The minimum Gasteiger partial charge on any atom is -0.327 e. The minimum atomic E-state index is 0.484. The Balaban J connectivity index is 2.52. The van der Waals surface area contributed by atoms with Crippen LogP contribution in [0.15, 0.2) is 30.3 Å². The van der Waals surface area contributed by atoms with Crippen LogP contribution in [0.1, 0.15) is 18.2 Å². The third kappa shape index (κ3) is 2.23. The zero-order chi connectivity index (χ0) is 13.1. The van der Waals surface area contributed by atoms with Gasteiger partial charge in [-0.1, -0.05) is 18.2 Å². The monoisotopic (exact) mass is 263 g/mol. The Morgan fingerprint density at radius 3 is 2.50 bits per heavy atom. The second kappa shape index (κ2) is 5.44. The molecule has 0 aliphatic rings. The van der Waals surface area contributed by atoms with Crippen LogP contribution in [0.5, 0.6) is 0 Å². The number of aromatic nitrogens is 2. The Morgan fingerprint density at radius 2 is 1.94 bits per heavy atom. The van der Waals surface area contributed by atoms with E-state index in [0.717, 1.165) is 29.3 Å². The van der Waals surface area contributed by atoms with Crippen LogP contribution < -0.4 is 4.90 Å². The summed E-state index contributed by atoms with van der Waals surface area (Å²) in [7, 11) is 1.96. The van der Waals surface area contributed by atoms with Crippen LogP contribution in [-0.4, -0.2) is 16.3 Å². The SMILES string of the molecule is CCN(c1ccccc1)c1c(CCl)c(C)nn1C. The van der Waals surface area contributed by atoms with Crippen LogP contribution in [0.2, 0.25) is 0 Å². The summed E-state index contributed by atoms with van der Waals surface area (Å²) in [5, 5.41) is 4.47. The number of halogens is 1. The number of para-hydroxylation sites is 1. The zero-order valence-corrected chi connectivity index (χ0v) is 11.8. The zero-order valence-electron chi connectivity index (χ0n) is 11.0. The van der Waals surface area contributed by atoms with Crippen molar-refractivity contribution in [2.75, 3.05) is 11.4 Å². The van der Waals surface area contributed by atoms with Gasteiger partial charge in [-0.3, -0.25) is 4.68 Å². The molecule has 0 spiro atoms. The Bertz CT molecular complexity index is 519. The highest BCUT2D eigenvalue weighted by Gasteiger charge is 2.18. The summed E-state index contributed by atoms with van der Waals surface area (Å²) < 4.78 is 1.91. The second-order valence-electron chi connectivity index (χ2n) is 4.22. The Morgan fingerprint density at radius 1 is 1.28 bits per heavy atom. The maximum Gasteiger partial charge on any atom is 0.135 e. The molecule has 0 unspecified atom stereocenters. The molecule has 0 bridgehead atoms. The smallest absolute Gasteiger partial charge is 0.135 e. The lowest BCUT2D eigenvalue weighted by Gasteiger charge is -2.24. The van der Waals surface area contributed by atoms with Crippen molar-refractivity contribution in [1.29, 1.82) is 0 Å². The quantitative estimate of drug-likeness (QED) is 0.786. The van der Waals surface area contributed by atoms with Gasteiger partial charge in [0.25, 0.3) is 0 Å². The fourth-order valence-corrected chi connectivity index (χ4v) is 2.56. The molecule has 2 rings (SSSR count). The van der Waals surface area contributed by atoms with Crippen molar-refractivity contribution in [3.63, 3.8) is 0 Å². The molecule has 4 heteroatoms. The largest absolute Gasteiger partial charge is 0.327 e. The van der Waals surface area contributed by atoms with Crippen LogP contribution in [-0.2, 0) is 12.9 Å². The molecule has 1 heterocycles. The summed E-state index contributed by atoms with van der Waals surface area (Å²) in [6.07, 6.45) is 0. The Hall–Kier alpha value is -1.48. The summed E-state index contributed by atoms with van der Waals surface area (Å²) in [6.45, 7) is 5.01. The van der Waals surface area contributed by atoms with Gasteiger partial charge in [0, 0.05) is 24.8 Å². The predicted octanol–water partition coefficient (Wildman–Crippen LogP) is 3.63. The molecular formula is C14H18ClN3. The van der Waals surface area contributed by atoms with Gasteiger partial charge in [-0.2, -0.15) is 5.10 Å². The summed E-state index contributed by atoms with van der Waals surface area (Å²) in [5.74, 6) is 1.56. The van der Waals surface area contributed by atoms with Gasteiger partial charge in [-0.15, -0.1) is 11.6 Å².